The second kappa shape index (κ2) is 7.46. The van der Waals surface area contributed by atoms with E-state index in [2.05, 4.69) is 5.32 Å². The van der Waals surface area contributed by atoms with Crippen molar-refractivity contribution in [2.45, 2.75) is 20.4 Å². The lowest BCUT2D eigenvalue weighted by Gasteiger charge is -2.06. The Bertz CT molecular complexity index is 672. The summed E-state index contributed by atoms with van der Waals surface area (Å²) in [7, 11) is 1.62. The number of hydrogen-bond donors (Lipinski definition) is 1. The van der Waals surface area contributed by atoms with E-state index < -0.39 is 0 Å². The van der Waals surface area contributed by atoms with Gasteiger partial charge in [0.2, 0.25) is 5.91 Å². The smallest absolute Gasteiger partial charge is 0.244 e. The van der Waals surface area contributed by atoms with Crippen LogP contribution in [0, 0.1) is 13.8 Å². The van der Waals surface area contributed by atoms with Crippen molar-refractivity contribution in [1.29, 1.82) is 0 Å². The summed E-state index contributed by atoms with van der Waals surface area (Å²) in [5.41, 5.74) is 4.32. The molecular weight excluding hydrogens is 274 g/mol. The van der Waals surface area contributed by atoms with Crippen molar-refractivity contribution in [1.82, 2.24) is 5.32 Å². The zero-order chi connectivity index (χ0) is 15.9. The van der Waals surface area contributed by atoms with Crippen LogP contribution in [0.5, 0.6) is 5.75 Å². The number of rotatable bonds is 5. The van der Waals surface area contributed by atoms with Gasteiger partial charge < -0.3 is 10.1 Å². The molecule has 0 spiro atoms. The monoisotopic (exact) mass is 295 g/mol. The van der Waals surface area contributed by atoms with E-state index in [-0.39, 0.29) is 5.91 Å². The van der Waals surface area contributed by atoms with Crippen molar-refractivity contribution in [3.8, 4) is 5.75 Å². The minimum Gasteiger partial charge on any atom is -0.496 e. The highest BCUT2D eigenvalue weighted by Crippen LogP contribution is 2.20. The lowest BCUT2D eigenvalue weighted by atomic mass is 10.1. The van der Waals surface area contributed by atoms with Gasteiger partial charge in [-0.1, -0.05) is 41.5 Å². The third kappa shape index (κ3) is 4.48. The highest BCUT2D eigenvalue weighted by Gasteiger charge is 2.01. The Kier molecular flexibility index (Phi) is 5.37. The number of carbonyl (C=O) groups excluding carboxylic acids is 1. The molecule has 114 valence electrons. The molecule has 0 fully saturated rings. The number of benzene rings is 2. The Morgan fingerprint density at radius 1 is 1.09 bits per heavy atom. The largest absolute Gasteiger partial charge is 0.496 e. The molecule has 0 heterocycles. The lowest BCUT2D eigenvalue weighted by Crippen LogP contribution is -2.20. The van der Waals surface area contributed by atoms with Gasteiger partial charge in [0.15, 0.2) is 0 Å². The third-order valence-corrected chi connectivity index (χ3v) is 3.39. The molecule has 0 saturated carbocycles. The summed E-state index contributed by atoms with van der Waals surface area (Å²) in [5, 5.41) is 2.87. The molecule has 2 aromatic rings. The van der Waals surface area contributed by atoms with E-state index in [1.165, 1.54) is 11.6 Å². The van der Waals surface area contributed by atoms with Crippen molar-refractivity contribution >= 4 is 12.0 Å². The fraction of sp³-hybridized carbons (Fsp3) is 0.211. The van der Waals surface area contributed by atoms with Crippen LogP contribution in [0.1, 0.15) is 22.3 Å². The number of hydrogen-bond acceptors (Lipinski definition) is 2. The first-order valence-corrected chi connectivity index (χ1v) is 7.24. The van der Waals surface area contributed by atoms with Crippen LogP contribution in [-0.2, 0) is 11.3 Å². The van der Waals surface area contributed by atoms with Gasteiger partial charge >= 0.3 is 0 Å². The van der Waals surface area contributed by atoms with E-state index in [0.717, 1.165) is 22.4 Å². The first kappa shape index (κ1) is 15.8. The Balaban J connectivity index is 1.96. The van der Waals surface area contributed by atoms with Crippen LogP contribution in [0.25, 0.3) is 6.08 Å². The summed E-state index contributed by atoms with van der Waals surface area (Å²) in [6.45, 7) is 4.57. The molecule has 0 aliphatic carbocycles. The van der Waals surface area contributed by atoms with Gasteiger partial charge in [-0.2, -0.15) is 0 Å². The molecule has 1 N–H and O–H groups in total. The maximum absolute atomic E-state index is 11.9. The summed E-state index contributed by atoms with van der Waals surface area (Å²) < 4.78 is 5.29. The van der Waals surface area contributed by atoms with E-state index in [0.29, 0.717) is 6.54 Å². The zero-order valence-electron chi connectivity index (χ0n) is 13.2. The molecule has 1 amide bonds. The summed E-state index contributed by atoms with van der Waals surface area (Å²) >= 11 is 0. The van der Waals surface area contributed by atoms with Crippen molar-refractivity contribution < 1.29 is 9.53 Å². The quantitative estimate of drug-likeness (QED) is 0.855. The van der Waals surface area contributed by atoms with Gasteiger partial charge in [0.1, 0.15) is 5.75 Å². The molecule has 0 atom stereocenters. The zero-order valence-corrected chi connectivity index (χ0v) is 13.2. The normalized spacial score (nSPS) is 10.7. The number of carbonyl (C=O) groups is 1. The van der Waals surface area contributed by atoms with Crippen LogP contribution in [0.2, 0.25) is 0 Å². The predicted octanol–water partition coefficient (Wildman–Crippen LogP) is 3.64. The molecule has 0 saturated heterocycles. The third-order valence-electron chi connectivity index (χ3n) is 3.39. The fourth-order valence-corrected chi connectivity index (χ4v) is 2.10. The summed E-state index contributed by atoms with van der Waals surface area (Å²) in [6, 6.07) is 14.0. The molecule has 0 bridgehead atoms. The Hall–Kier alpha value is -2.55. The first-order chi connectivity index (χ1) is 10.6. The number of ether oxygens (including phenoxy) is 1. The molecular formula is C19H21NO2. The van der Waals surface area contributed by atoms with Gasteiger partial charge in [-0.15, -0.1) is 0 Å². The average molecular weight is 295 g/mol. The minimum atomic E-state index is -0.121. The van der Waals surface area contributed by atoms with Gasteiger partial charge in [-0.3, -0.25) is 4.79 Å². The molecule has 2 rings (SSSR count). The standard InChI is InChI=1S/C19H21NO2/c1-14-4-7-16(8-5-14)13-20-19(21)11-9-17-12-15(2)6-10-18(17)22-3/h4-12H,13H2,1-3H3,(H,20,21)/b11-9+. The van der Waals surface area contributed by atoms with Gasteiger partial charge in [0.05, 0.1) is 7.11 Å². The van der Waals surface area contributed by atoms with E-state index in [9.17, 15) is 4.79 Å². The summed E-state index contributed by atoms with van der Waals surface area (Å²) in [5.74, 6) is 0.636. The van der Waals surface area contributed by atoms with E-state index in [1.807, 2.05) is 56.3 Å². The summed E-state index contributed by atoms with van der Waals surface area (Å²) in [4.78, 5) is 11.9. The van der Waals surface area contributed by atoms with Crippen molar-refractivity contribution in [3.63, 3.8) is 0 Å². The fourth-order valence-electron chi connectivity index (χ4n) is 2.10. The topological polar surface area (TPSA) is 38.3 Å². The summed E-state index contributed by atoms with van der Waals surface area (Å²) in [6.07, 6.45) is 3.31. The molecule has 22 heavy (non-hydrogen) atoms. The Morgan fingerprint density at radius 2 is 1.77 bits per heavy atom. The van der Waals surface area contributed by atoms with Crippen molar-refractivity contribution in [2.24, 2.45) is 0 Å². The molecule has 3 heteroatoms. The number of methoxy groups -OCH3 is 1. The van der Waals surface area contributed by atoms with Crippen molar-refractivity contribution in [3.05, 3.63) is 70.8 Å². The Labute approximate surface area is 131 Å². The van der Waals surface area contributed by atoms with Crippen molar-refractivity contribution in [2.75, 3.05) is 7.11 Å². The van der Waals surface area contributed by atoms with E-state index in [4.69, 9.17) is 4.74 Å². The Morgan fingerprint density at radius 3 is 2.45 bits per heavy atom. The van der Waals surface area contributed by atoms with Crippen LogP contribution in [0.4, 0.5) is 0 Å². The van der Waals surface area contributed by atoms with E-state index in [1.54, 1.807) is 13.2 Å². The first-order valence-electron chi connectivity index (χ1n) is 7.24. The molecule has 0 unspecified atom stereocenters. The number of nitrogens with one attached hydrogen (secondary N) is 1. The molecule has 0 aromatic heterocycles. The molecule has 0 aliphatic heterocycles. The number of aryl methyl sites for hydroxylation is 2. The lowest BCUT2D eigenvalue weighted by molar-refractivity contribution is -0.116. The maximum atomic E-state index is 11.9. The second-order valence-corrected chi connectivity index (χ2v) is 5.28. The highest BCUT2D eigenvalue weighted by molar-refractivity contribution is 5.92. The highest BCUT2D eigenvalue weighted by atomic mass is 16.5. The predicted molar refractivity (Wildman–Crippen MR) is 89.8 cm³/mol. The molecule has 0 radical (unpaired) electrons. The molecule has 0 aliphatic rings. The van der Waals surface area contributed by atoms with Gasteiger partial charge in [-0.05, 0) is 37.6 Å². The van der Waals surface area contributed by atoms with Gasteiger partial charge in [0.25, 0.3) is 0 Å². The van der Waals surface area contributed by atoms with Crippen LogP contribution in [-0.4, -0.2) is 13.0 Å². The maximum Gasteiger partial charge on any atom is 0.244 e. The van der Waals surface area contributed by atoms with Crippen LogP contribution >= 0.6 is 0 Å². The number of amides is 1. The van der Waals surface area contributed by atoms with Crippen LogP contribution < -0.4 is 10.1 Å². The van der Waals surface area contributed by atoms with Crippen LogP contribution in [0.15, 0.2) is 48.5 Å². The average Bonchev–Trinajstić information content (AvgIpc) is 2.52. The van der Waals surface area contributed by atoms with Crippen LogP contribution in [0.3, 0.4) is 0 Å². The second-order valence-electron chi connectivity index (χ2n) is 5.28. The van der Waals surface area contributed by atoms with E-state index >= 15 is 0 Å². The van der Waals surface area contributed by atoms with Gasteiger partial charge in [-0.25, -0.2) is 0 Å². The minimum absolute atomic E-state index is 0.121. The molecule has 2 aromatic carbocycles. The van der Waals surface area contributed by atoms with Gasteiger partial charge in [0, 0.05) is 18.2 Å². The SMILES string of the molecule is COc1ccc(C)cc1/C=C/C(=O)NCc1ccc(C)cc1. The molecule has 3 nitrogen and oxygen atoms in total.